The lowest BCUT2D eigenvalue weighted by molar-refractivity contribution is 0.294. The molecule has 0 bridgehead atoms. The van der Waals surface area contributed by atoms with Crippen LogP contribution in [0.25, 0.3) is 0 Å². The molecule has 0 amide bonds. The summed E-state index contributed by atoms with van der Waals surface area (Å²) in [6.45, 7) is 15.5. The molecule has 1 aromatic carbocycles. The van der Waals surface area contributed by atoms with E-state index in [9.17, 15) is 0 Å². The summed E-state index contributed by atoms with van der Waals surface area (Å²) in [5.41, 5.74) is 2.89. The molecule has 0 aliphatic carbocycles. The predicted molar refractivity (Wildman–Crippen MR) is 84.2 cm³/mol. The summed E-state index contributed by atoms with van der Waals surface area (Å²) in [6, 6.07) is 9.35. The van der Waals surface area contributed by atoms with Crippen molar-refractivity contribution in [1.82, 2.24) is 10.2 Å². The lowest BCUT2D eigenvalue weighted by Crippen LogP contribution is -2.31. The quantitative estimate of drug-likeness (QED) is 0.769. The Morgan fingerprint density at radius 3 is 2.11 bits per heavy atom. The third-order valence-corrected chi connectivity index (χ3v) is 4.02. The molecule has 0 aliphatic rings. The molecule has 0 radical (unpaired) electrons. The van der Waals surface area contributed by atoms with Crippen molar-refractivity contribution in [3.8, 4) is 0 Å². The van der Waals surface area contributed by atoms with Gasteiger partial charge in [0.05, 0.1) is 0 Å². The van der Waals surface area contributed by atoms with Gasteiger partial charge in [0.2, 0.25) is 0 Å². The van der Waals surface area contributed by atoms with Crippen molar-refractivity contribution >= 4 is 0 Å². The first-order chi connectivity index (χ1) is 9.08. The van der Waals surface area contributed by atoms with E-state index in [4.69, 9.17) is 0 Å². The van der Waals surface area contributed by atoms with E-state index in [1.807, 2.05) is 0 Å². The summed E-state index contributed by atoms with van der Waals surface area (Å²) in [7, 11) is 0. The van der Waals surface area contributed by atoms with Crippen LogP contribution in [0.4, 0.5) is 0 Å². The van der Waals surface area contributed by atoms with Crippen molar-refractivity contribution in [3.05, 3.63) is 35.4 Å². The summed E-state index contributed by atoms with van der Waals surface area (Å²) in [4.78, 5) is 2.46. The van der Waals surface area contributed by atoms with E-state index in [-0.39, 0.29) is 0 Å². The fourth-order valence-corrected chi connectivity index (χ4v) is 2.08. The van der Waals surface area contributed by atoms with Crippen LogP contribution in [0.1, 0.15) is 45.7 Å². The number of hydrogen-bond acceptors (Lipinski definition) is 2. The van der Waals surface area contributed by atoms with E-state index in [1.165, 1.54) is 11.1 Å². The van der Waals surface area contributed by atoms with Crippen LogP contribution >= 0.6 is 0 Å². The van der Waals surface area contributed by atoms with Gasteiger partial charge in [0.25, 0.3) is 0 Å². The van der Waals surface area contributed by atoms with Crippen LogP contribution in [0.3, 0.4) is 0 Å². The maximum absolute atomic E-state index is 3.63. The summed E-state index contributed by atoms with van der Waals surface area (Å²) in [6.07, 6.45) is 0. The second-order valence-electron chi connectivity index (χ2n) is 5.64. The van der Waals surface area contributed by atoms with Gasteiger partial charge in [0, 0.05) is 19.1 Å². The summed E-state index contributed by atoms with van der Waals surface area (Å²) >= 11 is 0. The normalized spacial score (nSPS) is 13.2. The van der Waals surface area contributed by atoms with Crippen LogP contribution in [-0.2, 0) is 13.1 Å². The van der Waals surface area contributed by atoms with Crippen LogP contribution in [-0.4, -0.2) is 24.0 Å². The molecule has 1 atom stereocenters. The molecule has 0 spiro atoms. The van der Waals surface area contributed by atoms with E-state index >= 15 is 0 Å². The Balaban J connectivity index is 2.67. The molecule has 2 nitrogen and oxygen atoms in total. The van der Waals surface area contributed by atoms with Gasteiger partial charge in [-0.05, 0) is 37.1 Å². The Morgan fingerprint density at radius 1 is 1.00 bits per heavy atom. The second-order valence-corrected chi connectivity index (χ2v) is 5.64. The first-order valence-electron chi connectivity index (χ1n) is 7.60. The molecule has 2 heteroatoms. The Labute approximate surface area is 119 Å². The van der Waals surface area contributed by atoms with Gasteiger partial charge in [-0.3, -0.25) is 4.90 Å². The molecular weight excluding hydrogens is 232 g/mol. The first kappa shape index (κ1) is 16.2. The van der Waals surface area contributed by atoms with Gasteiger partial charge in [-0.15, -0.1) is 0 Å². The van der Waals surface area contributed by atoms with E-state index in [2.05, 4.69) is 69.1 Å². The molecule has 108 valence electrons. The highest BCUT2D eigenvalue weighted by molar-refractivity contribution is 5.27. The third kappa shape index (κ3) is 5.33. The number of nitrogens with one attached hydrogen (secondary N) is 1. The van der Waals surface area contributed by atoms with Crippen molar-refractivity contribution in [1.29, 1.82) is 0 Å². The highest BCUT2D eigenvalue weighted by Crippen LogP contribution is 2.12. The molecule has 1 rings (SSSR count). The van der Waals surface area contributed by atoms with Gasteiger partial charge in [-0.1, -0.05) is 52.0 Å². The van der Waals surface area contributed by atoms with Crippen molar-refractivity contribution in [3.63, 3.8) is 0 Å². The number of hydrogen-bond donors (Lipinski definition) is 1. The minimum Gasteiger partial charge on any atom is -0.310 e. The average Bonchev–Trinajstić information content (AvgIpc) is 2.42. The zero-order chi connectivity index (χ0) is 14.3. The topological polar surface area (TPSA) is 15.3 Å². The lowest BCUT2D eigenvalue weighted by atomic mass is 10.0. The molecule has 1 N–H and O–H groups in total. The number of benzene rings is 1. The Hall–Kier alpha value is -0.860. The van der Waals surface area contributed by atoms with Crippen molar-refractivity contribution in [2.75, 3.05) is 13.1 Å². The summed E-state index contributed by atoms with van der Waals surface area (Å²) in [5.74, 6) is 0.676. The smallest absolute Gasteiger partial charge is 0.0236 e. The third-order valence-electron chi connectivity index (χ3n) is 4.02. The maximum Gasteiger partial charge on any atom is 0.0236 e. The van der Waals surface area contributed by atoms with Gasteiger partial charge >= 0.3 is 0 Å². The monoisotopic (exact) mass is 262 g/mol. The lowest BCUT2D eigenvalue weighted by Gasteiger charge is -2.22. The SMILES string of the molecule is CCN(CC)Cc1ccccc1CNC(C)C(C)C. The molecule has 1 unspecified atom stereocenters. The standard InChI is InChI=1S/C17H30N2/c1-6-19(7-2)13-17-11-9-8-10-16(17)12-18-15(5)14(3)4/h8-11,14-15,18H,6-7,12-13H2,1-5H3. The van der Waals surface area contributed by atoms with Crippen molar-refractivity contribution in [2.24, 2.45) is 5.92 Å². The van der Waals surface area contributed by atoms with E-state index in [0.29, 0.717) is 12.0 Å². The highest BCUT2D eigenvalue weighted by Gasteiger charge is 2.09. The average molecular weight is 262 g/mol. The summed E-state index contributed by atoms with van der Waals surface area (Å²) in [5, 5.41) is 3.63. The fourth-order valence-electron chi connectivity index (χ4n) is 2.08. The van der Waals surface area contributed by atoms with E-state index in [0.717, 1.165) is 26.2 Å². The summed E-state index contributed by atoms with van der Waals surface area (Å²) < 4.78 is 0. The minimum absolute atomic E-state index is 0.557. The minimum atomic E-state index is 0.557. The molecule has 0 aliphatic heterocycles. The molecule has 0 fully saturated rings. The van der Waals surface area contributed by atoms with E-state index < -0.39 is 0 Å². The van der Waals surface area contributed by atoms with E-state index in [1.54, 1.807) is 0 Å². The molecule has 19 heavy (non-hydrogen) atoms. The Bertz CT molecular complexity index is 356. The van der Waals surface area contributed by atoms with Gasteiger partial charge in [0.1, 0.15) is 0 Å². The van der Waals surface area contributed by atoms with Crippen LogP contribution in [0.2, 0.25) is 0 Å². The molecular formula is C17H30N2. The second kappa shape index (κ2) is 8.34. The molecule has 0 heterocycles. The Morgan fingerprint density at radius 2 is 1.58 bits per heavy atom. The van der Waals surface area contributed by atoms with Crippen LogP contribution < -0.4 is 5.32 Å². The van der Waals surface area contributed by atoms with Gasteiger partial charge < -0.3 is 5.32 Å². The first-order valence-corrected chi connectivity index (χ1v) is 7.60. The van der Waals surface area contributed by atoms with Crippen LogP contribution in [0.5, 0.6) is 0 Å². The largest absolute Gasteiger partial charge is 0.310 e. The molecule has 0 aromatic heterocycles. The molecule has 0 saturated heterocycles. The van der Waals surface area contributed by atoms with Crippen molar-refractivity contribution < 1.29 is 0 Å². The van der Waals surface area contributed by atoms with Gasteiger partial charge in [-0.2, -0.15) is 0 Å². The van der Waals surface area contributed by atoms with Crippen LogP contribution in [0.15, 0.2) is 24.3 Å². The van der Waals surface area contributed by atoms with Crippen LogP contribution in [0, 0.1) is 5.92 Å². The highest BCUT2D eigenvalue weighted by atomic mass is 15.1. The predicted octanol–water partition coefficient (Wildman–Crippen LogP) is 3.66. The zero-order valence-electron chi connectivity index (χ0n) is 13.2. The molecule has 0 saturated carbocycles. The number of nitrogens with zero attached hydrogens (tertiary/aromatic N) is 1. The fraction of sp³-hybridized carbons (Fsp3) is 0.647. The number of rotatable bonds is 8. The maximum atomic E-state index is 3.63. The zero-order valence-corrected chi connectivity index (χ0v) is 13.2. The Kier molecular flexibility index (Phi) is 7.11. The van der Waals surface area contributed by atoms with Gasteiger partial charge in [-0.25, -0.2) is 0 Å². The van der Waals surface area contributed by atoms with Gasteiger partial charge in [0.15, 0.2) is 0 Å². The van der Waals surface area contributed by atoms with Crippen molar-refractivity contribution in [2.45, 2.75) is 53.8 Å². The molecule has 1 aromatic rings.